The summed E-state index contributed by atoms with van der Waals surface area (Å²) >= 11 is 9.72. The van der Waals surface area contributed by atoms with Gasteiger partial charge in [0, 0.05) is 28.7 Å². The van der Waals surface area contributed by atoms with Crippen molar-refractivity contribution in [3.05, 3.63) is 57.4 Å². The number of carbonyl (C=O) groups is 2. The topological polar surface area (TPSA) is 89.9 Å². The molecule has 0 bridgehead atoms. The Kier molecular flexibility index (Phi) is 6.38. The minimum atomic E-state index is -0.299. The van der Waals surface area contributed by atoms with E-state index in [1.54, 1.807) is 30.3 Å². The molecule has 3 N–H and O–H groups in total. The Bertz CT molecular complexity index is 976. The van der Waals surface area contributed by atoms with Crippen LogP contribution in [0.3, 0.4) is 0 Å². The van der Waals surface area contributed by atoms with E-state index in [2.05, 4.69) is 21.2 Å². The van der Waals surface area contributed by atoms with E-state index in [9.17, 15) is 19.8 Å². The molecule has 2 amide bonds. The van der Waals surface area contributed by atoms with Crippen molar-refractivity contribution in [2.45, 2.75) is 6.42 Å². The molecule has 1 aliphatic heterocycles. The van der Waals surface area contributed by atoms with Crippen molar-refractivity contribution in [2.24, 2.45) is 0 Å². The van der Waals surface area contributed by atoms with Crippen LogP contribution in [0, 0.1) is 0 Å². The molecule has 0 aromatic heterocycles. The summed E-state index contributed by atoms with van der Waals surface area (Å²) in [7, 11) is 0. The minimum absolute atomic E-state index is 0.0572. The van der Waals surface area contributed by atoms with Gasteiger partial charge in [-0.25, -0.2) is 0 Å². The van der Waals surface area contributed by atoms with E-state index in [1.165, 1.54) is 23.1 Å². The van der Waals surface area contributed by atoms with Gasteiger partial charge in [-0.05, 0) is 48.5 Å². The Labute approximate surface area is 179 Å². The summed E-state index contributed by atoms with van der Waals surface area (Å²) in [6, 6.07) is 11.0. The third-order valence-corrected chi connectivity index (χ3v) is 5.73. The maximum Gasteiger partial charge on any atom is 0.266 e. The quantitative estimate of drug-likeness (QED) is 0.340. The minimum Gasteiger partial charge on any atom is -0.508 e. The molecular weight excluding hydrogens is 464 g/mol. The number of halogens is 1. The number of benzene rings is 2. The molecule has 2 aromatic rings. The zero-order valence-corrected chi connectivity index (χ0v) is 17.6. The molecule has 28 heavy (non-hydrogen) atoms. The van der Waals surface area contributed by atoms with E-state index < -0.39 is 0 Å². The van der Waals surface area contributed by atoms with Crippen molar-refractivity contribution in [1.82, 2.24) is 4.90 Å². The molecule has 0 saturated carbocycles. The van der Waals surface area contributed by atoms with Crippen LogP contribution in [0.5, 0.6) is 11.5 Å². The third kappa shape index (κ3) is 4.92. The molecule has 3 rings (SSSR count). The van der Waals surface area contributed by atoms with Crippen LogP contribution in [-0.4, -0.2) is 37.8 Å². The first-order valence-electron chi connectivity index (χ1n) is 8.16. The molecule has 0 atom stereocenters. The number of hydrogen-bond acceptors (Lipinski definition) is 6. The van der Waals surface area contributed by atoms with Crippen LogP contribution in [0.1, 0.15) is 12.0 Å². The fraction of sp³-hybridized carbons (Fsp3) is 0.105. The van der Waals surface area contributed by atoms with Crippen LogP contribution in [0.25, 0.3) is 6.08 Å². The van der Waals surface area contributed by atoms with Gasteiger partial charge in [-0.3, -0.25) is 14.5 Å². The molecule has 0 unspecified atom stereocenters. The number of aromatic hydroxyl groups is 2. The number of rotatable bonds is 5. The molecule has 1 fully saturated rings. The van der Waals surface area contributed by atoms with E-state index >= 15 is 0 Å². The van der Waals surface area contributed by atoms with Crippen LogP contribution in [-0.2, 0) is 9.59 Å². The average molecular weight is 479 g/mol. The Balaban J connectivity index is 1.63. The van der Waals surface area contributed by atoms with Crippen LogP contribution >= 0.6 is 39.9 Å². The zero-order valence-electron chi connectivity index (χ0n) is 14.4. The van der Waals surface area contributed by atoms with E-state index in [4.69, 9.17) is 12.2 Å². The van der Waals surface area contributed by atoms with Crippen molar-refractivity contribution in [1.29, 1.82) is 0 Å². The van der Waals surface area contributed by atoms with Gasteiger partial charge in [0.05, 0.1) is 4.91 Å². The molecule has 9 heteroatoms. The third-order valence-electron chi connectivity index (χ3n) is 3.86. The number of phenolic OH excluding ortho intramolecular Hbond substituents is 2. The second-order valence-corrected chi connectivity index (χ2v) is 8.47. The molecule has 0 radical (unpaired) electrons. The molecule has 1 heterocycles. The second kappa shape index (κ2) is 8.76. The lowest BCUT2D eigenvalue weighted by Crippen LogP contribution is -2.31. The fourth-order valence-corrected chi connectivity index (χ4v) is 4.13. The molecule has 1 saturated heterocycles. The van der Waals surface area contributed by atoms with Crippen LogP contribution < -0.4 is 5.32 Å². The summed E-state index contributed by atoms with van der Waals surface area (Å²) in [4.78, 5) is 26.5. The molecule has 0 aliphatic carbocycles. The average Bonchev–Trinajstić information content (AvgIpc) is 2.91. The summed E-state index contributed by atoms with van der Waals surface area (Å²) in [6.45, 7) is 0.149. The number of nitrogens with one attached hydrogen (secondary N) is 1. The van der Waals surface area contributed by atoms with Gasteiger partial charge in [-0.1, -0.05) is 39.9 Å². The van der Waals surface area contributed by atoms with Crippen LogP contribution in [0.4, 0.5) is 5.69 Å². The summed E-state index contributed by atoms with van der Waals surface area (Å²) < 4.78 is 1.14. The number of thioether (sulfide) groups is 1. The highest BCUT2D eigenvalue weighted by Gasteiger charge is 2.32. The summed E-state index contributed by atoms with van der Waals surface area (Å²) in [5, 5.41) is 21.9. The van der Waals surface area contributed by atoms with Gasteiger partial charge in [0.15, 0.2) is 0 Å². The van der Waals surface area contributed by atoms with Gasteiger partial charge in [-0.15, -0.1) is 0 Å². The predicted molar refractivity (Wildman–Crippen MR) is 117 cm³/mol. The lowest BCUT2D eigenvalue weighted by Gasteiger charge is -2.14. The number of carbonyl (C=O) groups excluding carboxylic acids is 2. The Morgan fingerprint density at radius 3 is 2.64 bits per heavy atom. The largest absolute Gasteiger partial charge is 0.508 e. The van der Waals surface area contributed by atoms with Crippen molar-refractivity contribution < 1.29 is 19.8 Å². The van der Waals surface area contributed by atoms with Crippen LogP contribution in [0.15, 0.2) is 51.8 Å². The molecule has 6 nitrogen and oxygen atoms in total. The van der Waals surface area contributed by atoms with Gasteiger partial charge in [0.2, 0.25) is 5.91 Å². The number of nitrogens with zero attached hydrogens (tertiary/aromatic N) is 1. The van der Waals surface area contributed by atoms with E-state index in [1.807, 2.05) is 0 Å². The lowest BCUT2D eigenvalue weighted by molar-refractivity contribution is -0.122. The SMILES string of the molecule is O=C(CCN1C(=O)/C(=C/c2cc(Br)ccc2O)SC1=S)Nc1ccc(O)cc1. The number of hydrogen-bond donors (Lipinski definition) is 3. The second-order valence-electron chi connectivity index (χ2n) is 5.88. The van der Waals surface area contributed by atoms with Crippen molar-refractivity contribution >= 4 is 67.8 Å². The first-order valence-corrected chi connectivity index (χ1v) is 10.2. The number of amides is 2. The monoisotopic (exact) mass is 478 g/mol. The van der Waals surface area contributed by atoms with Gasteiger partial charge in [-0.2, -0.15) is 0 Å². The highest BCUT2D eigenvalue weighted by Crippen LogP contribution is 2.34. The normalized spacial score (nSPS) is 15.3. The Hall–Kier alpha value is -2.36. The number of phenols is 2. The summed E-state index contributed by atoms with van der Waals surface area (Å²) in [6.07, 6.45) is 1.65. The Morgan fingerprint density at radius 1 is 1.21 bits per heavy atom. The van der Waals surface area contributed by atoms with Crippen molar-refractivity contribution in [3.63, 3.8) is 0 Å². The first-order chi connectivity index (χ1) is 13.3. The molecule has 2 aromatic carbocycles. The maximum absolute atomic E-state index is 12.6. The highest BCUT2D eigenvalue weighted by atomic mass is 79.9. The van der Waals surface area contributed by atoms with Gasteiger partial charge in [0.25, 0.3) is 5.91 Å². The molecule has 0 spiro atoms. The zero-order chi connectivity index (χ0) is 20.3. The van der Waals surface area contributed by atoms with Gasteiger partial charge in [0.1, 0.15) is 15.8 Å². The number of thiocarbonyl (C=S) groups is 1. The fourth-order valence-electron chi connectivity index (χ4n) is 2.46. The van der Waals surface area contributed by atoms with Crippen molar-refractivity contribution in [2.75, 3.05) is 11.9 Å². The van der Waals surface area contributed by atoms with Gasteiger partial charge >= 0.3 is 0 Å². The summed E-state index contributed by atoms with van der Waals surface area (Å²) in [5.74, 6) is -0.402. The van der Waals surface area contributed by atoms with E-state index in [-0.39, 0.29) is 36.3 Å². The smallest absolute Gasteiger partial charge is 0.266 e. The van der Waals surface area contributed by atoms with E-state index in [0.717, 1.165) is 16.2 Å². The maximum atomic E-state index is 12.6. The van der Waals surface area contributed by atoms with E-state index in [0.29, 0.717) is 20.5 Å². The van der Waals surface area contributed by atoms with Crippen LogP contribution in [0.2, 0.25) is 0 Å². The highest BCUT2D eigenvalue weighted by molar-refractivity contribution is 9.10. The summed E-state index contributed by atoms with van der Waals surface area (Å²) in [5.41, 5.74) is 1.05. The van der Waals surface area contributed by atoms with Gasteiger partial charge < -0.3 is 15.5 Å². The molecule has 1 aliphatic rings. The number of anilines is 1. The first kappa shape index (κ1) is 20.4. The molecule has 144 valence electrons. The Morgan fingerprint density at radius 2 is 1.93 bits per heavy atom. The lowest BCUT2D eigenvalue weighted by atomic mass is 10.2. The standard InChI is InChI=1S/C19H15BrN2O4S2/c20-12-1-6-15(24)11(9-12)10-16-18(26)22(19(27)28-16)8-7-17(25)21-13-2-4-14(23)5-3-13/h1-6,9-10,23-24H,7-8H2,(H,21,25)/b16-10-. The van der Waals surface area contributed by atoms with Crippen molar-refractivity contribution in [3.8, 4) is 11.5 Å². The molecular formula is C19H15BrN2O4S2. The predicted octanol–water partition coefficient (Wildman–Crippen LogP) is 4.09.